The first-order chi connectivity index (χ1) is 37.3. The summed E-state index contributed by atoms with van der Waals surface area (Å²) in [7, 11) is -25.9. The molecule has 0 amide bonds. The Balaban J connectivity index is 0.000000422. The second-order valence-electron chi connectivity index (χ2n) is 16.4. The maximum absolute atomic E-state index is 11.6. The Kier molecular flexibility index (Phi) is 33.1. The van der Waals surface area contributed by atoms with Crippen molar-refractivity contribution >= 4 is 122 Å². The topological polar surface area (TPSA) is 295 Å². The van der Waals surface area contributed by atoms with Crippen LogP contribution in [0.3, 0.4) is 0 Å². The molecular formula is C55H42Na5O16P3S5. The number of hydrogen-bond donors (Lipinski definition) is 0. The van der Waals surface area contributed by atoms with Gasteiger partial charge in [0, 0.05) is 0 Å². The number of methoxy groups -OCH3 is 1. The van der Waals surface area contributed by atoms with Crippen LogP contribution in [0.2, 0.25) is 0 Å². The Bertz CT molecular complexity index is 3940. The van der Waals surface area contributed by atoms with E-state index in [1.165, 1.54) is 61.7 Å². The summed E-state index contributed by atoms with van der Waals surface area (Å²) in [5.74, 6) is 0.0647. The van der Waals surface area contributed by atoms with E-state index < -0.39 is 89.0 Å². The molecule has 0 unspecified atom stereocenters. The molecule has 0 aromatic heterocycles. The molecule has 0 fully saturated rings. The summed E-state index contributed by atoms with van der Waals surface area (Å²) >= 11 is 0. The fourth-order valence-electron chi connectivity index (χ4n) is 7.76. The van der Waals surface area contributed by atoms with Crippen molar-refractivity contribution in [3.8, 4) is 5.75 Å². The summed E-state index contributed by atoms with van der Waals surface area (Å²) in [6.45, 7) is 0. The van der Waals surface area contributed by atoms with Gasteiger partial charge in [-0.05, 0) is 132 Å². The molecule has 0 radical (unpaired) electrons. The number of ether oxygens (including phenoxy) is 1. The Labute approximate surface area is 604 Å². The third-order valence-corrected chi connectivity index (χ3v) is 22.6. The van der Waals surface area contributed by atoms with Crippen molar-refractivity contribution in [2.75, 3.05) is 7.11 Å². The zero-order valence-electron chi connectivity index (χ0n) is 45.9. The van der Waals surface area contributed by atoms with Crippen molar-refractivity contribution in [2.45, 2.75) is 24.5 Å². The molecule has 0 atom stereocenters. The third-order valence-electron chi connectivity index (χ3n) is 11.2. The van der Waals surface area contributed by atoms with Crippen LogP contribution in [-0.4, -0.2) is 72.0 Å². The molecule has 0 aliphatic heterocycles. The van der Waals surface area contributed by atoms with Gasteiger partial charge in [-0.3, -0.25) is 0 Å². The van der Waals surface area contributed by atoms with Crippen LogP contribution in [-0.2, 0) is 50.6 Å². The molecule has 0 aliphatic carbocycles. The second-order valence-corrected chi connectivity index (χ2v) is 30.0. The van der Waals surface area contributed by atoms with Crippen LogP contribution in [0.15, 0.2) is 261 Å². The molecule has 0 N–H and O–H groups in total. The standard InChI is InChI=1S/C19H17O4PS.C18H15O9PS3.C18H15O3PS.5Na/c1-23-18-13-12-17(14-19(18)25(20,21)22)24(15-8-4-2-5-9-15)16-10-6-3-7-11-16;19-29(20,21)16-7-1-4-13(10-16)28(14-5-2-8-17(11-14)30(22,23)24)15-6-3-9-18(12-15)31(25,26)27;19-23(20,21)18-13-7-12-17(14-18)22(15-8-3-1-4-9-15)16-10-5-2-6-11-16;;;;;/h2-14H,1H3,(H,20,21,22);1-12H,(H,19,20,21)(H,22,23,24)(H,25,26,27);1-14H,(H,19,20,21);;;;;/q;;;5*+1/p-5. The van der Waals surface area contributed by atoms with Crippen LogP contribution >= 0.6 is 23.8 Å². The van der Waals surface area contributed by atoms with Crippen LogP contribution < -0.4 is 200 Å². The van der Waals surface area contributed by atoms with Crippen LogP contribution in [0.1, 0.15) is 0 Å². The molecule has 9 aromatic carbocycles. The van der Waals surface area contributed by atoms with Crippen molar-refractivity contribution in [3.05, 3.63) is 237 Å². The monoisotopic (exact) mass is 1330 g/mol. The van der Waals surface area contributed by atoms with E-state index in [0.717, 1.165) is 68.2 Å². The molecule has 0 saturated heterocycles. The van der Waals surface area contributed by atoms with Gasteiger partial charge < -0.3 is 27.5 Å². The molecule has 0 bridgehead atoms. The van der Waals surface area contributed by atoms with Crippen molar-refractivity contribution in [1.82, 2.24) is 0 Å². The molecule has 0 heterocycles. The number of hydrogen-bond acceptors (Lipinski definition) is 16. The Morgan fingerprint density at radius 3 is 0.690 bits per heavy atom. The Morgan fingerprint density at radius 2 is 0.476 bits per heavy atom. The predicted molar refractivity (Wildman–Crippen MR) is 302 cm³/mol. The van der Waals surface area contributed by atoms with Crippen molar-refractivity contribution in [3.63, 3.8) is 0 Å². The van der Waals surface area contributed by atoms with E-state index in [1.54, 1.807) is 12.1 Å². The van der Waals surface area contributed by atoms with Crippen LogP contribution in [0.25, 0.3) is 0 Å². The average Bonchev–Trinajstić information content (AvgIpc) is 3.61. The van der Waals surface area contributed by atoms with Gasteiger partial charge in [0.05, 0.1) is 31.6 Å². The molecule has 0 spiro atoms. The van der Waals surface area contributed by atoms with Gasteiger partial charge in [0.15, 0.2) is 0 Å². The average molecular weight is 1330 g/mol. The molecule has 9 aromatic rings. The normalized spacial score (nSPS) is 11.3. The van der Waals surface area contributed by atoms with E-state index >= 15 is 0 Å². The fraction of sp³-hybridized carbons (Fsp3) is 0.0182. The molecule has 9 rings (SSSR count). The van der Waals surface area contributed by atoms with Crippen LogP contribution in [0.5, 0.6) is 5.75 Å². The van der Waals surface area contributed by atoms with E-state index in [1.807, 2.05) is 133 Å². The van der Waals surface area contributed by atoms with Gasteiger partial charge in [-0.1, -0.05) is 176 Å². The van der Waals surface area contributed by atoms with E-state index in [0.29, 0.717) is 0 Å². The SMILES string of the molecule is COc1ccc(P(c2ccccc2)c2ccccc2)cc1S(=O)(=O)[O-].O=S(=O)([O-])c1cccc(P(c2cccc(S(=O)(=O)[O-])c2)c2cccc(S(=O)(=O)[O-])c2)c1.O=S(=O)([O-])c1cccc(P(c2ccccc2)c2ccccc2)c1.[Na+].[Na+].[Na+].[Na+].[Na+]. The Hall–Kier alpha value is -1.38. The Morgan fingerprint density at radius 1 is 0.262 bits per heavy atom. The fourth-order valence-corrected chi connectivity index (χ4v) is 18.0. The summed E-state index contributed by atoms with van der Waals surface area (Å²) in [5, 5.41) is 6.75. The van der Waals surface area contributed by atoms with Gasteiger partial charge in [0.1, 0.15) is 56.3 Å². The first kappa shape index (κ1) is 78.7. The van der Waals surface area contributed by atoms with Crippen molar-refractivity contribution < 1.29 is 217 Å². The van der Waals surface area contributed by atoms with Gasteiger partial charge in [0.2, 0.25) is 0 Å². The van der Waals surface area contributed by atoms with Gasteiger partial charge in [-0.2, -0.15) is 0 Å². The van der Waals surface area contributed by atoms with E-state index in [9.17, 15) is 64.9 Å². The van der Waals surface area contributed by atoms with Crippen LogP contribution in [0.4, 0.5) is 0 Å². The minimum Gasteiger partial charge on any atom is -0.744 e. The minimum atomic E-state index is -4.82. The smallest absolute Gasteiger partial charge is 0.744 e. The maximum Gasteiger partial charge on any atom is 1.00 e. The zero-order chi connectivity index (χ0) is 57.2. The minimum absolute atomic E-state index is 0. The summed E-state index contributed by atoms with van der Waals surface area (Å²) < 4.78 is 177. The predicted octanol–water partition coefficient (Wildman–Crippen LogP) is -10.1. The van der Waals surface area contributed by atoms with E-state index in [2.05, 4.69) is 0 Å². The van der Waals surface area contributed by atoms with Gasteiger partial charge in [-0.25, -0.2) is 42.1 Å². The summed E-state index contributed by atoms with van der Waals surface area (Å²) in [4.78, 5) is -2.14. The molecular weight excluding hydrogens is 1280 g/mol. The quantitative estimate of drug-likeness (QED) is 0.0523. The number of benzene rings is 9. The van der Waals surface area contributed by atoms with Gasteiger partial charge in [0.25, 0.3) is 0 Å². The first-order valence-corrected chi connectivity index (χ1v) is 33.9. The maximum atomic E-state index is 11.6. The summed E-state index contributed by atoms with van der Waals surface area (Å²) in [6.07, 6.45) is 0. The van der Waals surface area contributed by atoms with Crippen LogP contribution in [0, 0.1) is 0 Å². The molecule has 0 saturated carbocycles. The summed E-state index contributed by atoms with van der Waals surface area (Å²) in [6, 6.07) is 65.5. The molecule has 16 nitrogen and oxygen atoms in total. The number of rotatable bonds is 15. The van der Waals surface area contributed by atoms with Crippen molar-refractivity contribution in [2.24, 2.45) is 0 Å². The molecule has 29 heteroatoms. The van der Waals surface area contributed by atoms with Gasteiger partial charge in [-0.15, -0.1) is 0 Å². The van der Waals surface area contributed by atoms with E-state index in [-0.39, 0.29) is 179 Å². The molecule has 84 heavy (non-hydrogen) atoms. The summed E-state index contributed by atoms with van der Waals surface area (Å²) in [5.41, 5.74) is 0. The van der Waals surface area contributed by atoms with Crippen molar-refractivity contribution in [1.29, 1.82) is 0 Å². The third kappa shape index (κ3) is 22.2. The largest absolute Gasteiger partial charge is 1.00 e. The van der Waals surface area contributed by atoms with E-state index in [4.69, 9.17) is 4.74 Å². The first-order valence-electron chi connectivity index (χ1n) is 22.8. The van der Waals surface area contributed by atoms with Gasteiger partial charge >= 0.3 is 148 Å². The zero-order valence-corrected chi connectivity index (χ0v) is 62.7. The molecule has 408 valence electrons. The molecule has 0 aliphatic rings. The second kappa shape index (κ2) is 35.3.